The van der Waals surface area contributed by atoms with Crippen LogP contribution in [-0.4, -0.2) is 28.7 Å². The number of hydrogen-bond donors (Lipinski definition) is 2. The topological polar surface area (TPSA) is 76.1 Å². The van der Waals surface area contributed by atoms with Gasteiger partial charge in [0, 0.05) is 29.7 Å². The lowest BCUT2D eigenvalue weighted by Crippen LogP contribution is -2.24. The van der Waals surface area contributed by atoms with Crippen LogP contribution in [0.2, 0.25) is 5.02 Å². The zero-order valence-corrected chi connectivity index (χ0v) is 17.5. The number of amides is 1. The third-order valence-electron chi connectivity index (χ3n) is 4.08. The molecule has 0 aliphatic heterocycles. The van der Waals surface area contributed by atoms with Crippen LogP contribution in [0, 0.1) is 0 Å². The third kappa shape index (κ3) is 6.37. The van der Waals surface area contributed by atoms with Crippen LogP contribution in [-0.2, 0) is 17.9 Å². The molecule has 3 rings (SSSR count). The highest BCUT2D eigenvalue weighted by atomic mass is 35.5. The molecule has 0 radical (unpaired) electrons. The Morgan fingerprint density at radius 3 is 2.62 bits per heavy atom. The second-order valence-electron chi connectivity index (χ2n) is 6.06. The van der Waals surface area contributed by atoms with E-state index in [-0.39, 0.29) is 11.7 Å². The highest BCUT2D eigenvalue weighted by molar-refractivity contribution is 7.99. The number of aromatic nitrogens is 2. The molecular formula is C21H21ClN4O2S. The number of anilines is 1. The van der Waals surface area contributed by atoms with E-state index < -0.39 is 0 Å². The number of carbonyl (C=O) groups is 1. The number of benzene rings is 2. The van der Waals surface area contributed by atoms with E-state index in [0.717, 1.165) is 16.9 Å². The van der Waals surface area contributed by atoms with Gasteiger partial charge in [-0.2, -0.15) is 0 Å². The average molecular weight is 429 g/mol. The van der Waals surface area contributed by atoms with Gasteiger partial charge in [-0.3, -0.25) is 4.79 Å². The fourth-order valence-corrected chi connectivity index (χ4v) is 3.48. The molecule has 0 aliphatic carbocycles. The Hall–Kier alpha value is -2.77. The quantitative estimate of drug-likeness (QED) is 0.393. The first-order chi connectivity index (χ1) is 14.2. The van der Waals surface area contributed by atoms with Crippen molar-refractivity contribution < 1.29 is 9.53 Å². The summed E-state index contributed by atoms with van der Waals surface area (Å²) in [6.07, 6.45) is 1.48. The van der Waals surface area contributed by atoms with Crippen molar-refractivity contribution in [1.29, 1.82) is 0 Å². The first-order valence-electron chi connectivity index (χ1n) is 8.96. The van der Waals surface area contributed by atoms with Gasteiger partial charge in [0.05, 0.1) is 12.9 Å². The van der Waals surface area contributed by atoms with Crippen LogP contribution in [0.4, 0.5) is 5.82 Å². The second-order valence-corrected chi connectivity index (χ2v) is 7.47. The predicted octanol–water partition coefficient (Wildman–Crippen LogP) is 4.16. The van der Waals surface area contributed by atoms with Gasteiger partial charge in [-0.25, -0.2) is 9.97 Å². The van der Waals surface area contributed by atoms with Crippen molar-refractivity contribution in [3.05, 3.63) is 77.1 Å². The molecule has 0 aliphatic rings. The number of hydrogen-bond acceptors (Lipinski definition) is 6. The maximum atomic E-state index is 12.2. The van der Waals surface area contributed by atoms with Gasteiger partial charge >= 0.3 is 0 Å². The van der Waals surface area contributed by atoms with E-state index in [0.29, 0.717) is 29.0 Å². The molecule has 0 saturated carbocycles. The van der Waals surface area contributed by atoms with Gasteiger partial charge in [0.1, 0.15) is 22.9 Å². The predicted molar refractivity (Wildman–Crippen MR) is 116 cm³/mol. The van der Waals surface area contributed by atoms with Crippen molar-refractivity contribution in [2.24, 2.45) is 0 Å². The lowest BCUT2D eigenvalue weighted by atomic mass is 10.2. The maximum absolute atomic E-state index is 12.2. The SMILES string of the molecule is COc1ccccc1CNC(=O)CSc1cc(NCc2ccccc2Cl)ncn1. The zero-order chi connectivity index (χ0) is 20.5. The van der Waals surface area contributed by atoms with Crippen LogP contribution in [0.1, 0.15) is 11.1 Å². The van der Waals surface area contributed by atoms with Gasteiger partial charge in [0.2, 0.25) is 5.91 Å². The Balaban J connectivity index is 1.48. The average Bonchev–Trinajstić information content (AvgIpc) is 2.76. The lowest BCUT2D eigenvalue weighted by molar-refractivity contribution is -0.118. The van der Waals surface area contributed by atoms with Crippen LogP contribution in [0.3, 0.4) is 0 Å². The van der Waals surface area contributed by atoms with Gasteiger partial charge in [-0.15, -0.1) is 0 Å². The minimum absolute atomic E-state index is 0.0786. The third-order valence-corrected chi connectivity index (χ3v) is 5.37. The van der Waals surface area contributed by atoms with Crippen LogP contribution >= 0.6 is 23.4 Å². The fraction of sp³-hybridized carbons (Fsp3) is 0.190. The van der Waals surface area contributed by atoms with Crippen LogP contribution < -0.4 is 15.4 Å². The van der Waals surface area contributed by atoms with E-state index in [1.54, 1.807) is 7.11 Å². The molecule has 29 heavy (non-hydrogen) atoms. The number of halogens is 1. The van der Waals surface area contributed by atoms with E-state index in [4.69, 9.17) is 16.3 Å². The summed E-state index contributed by atoms with van der Waals surface area (Å²) in [5, 5.41) is 7.54. The Labute approximate surface area is 179 Å². The van der Waals surface area contributed by atoms with Crippen LogP contribution in [0.5, 0.6) is 5.75 Å². The molecule has 2 N–H and O–H groups in total. The van der Waals surface area contributed by atoms with E-state index in [1.807, 2.05) is 54.6 Å². The summed E-state index contributed by atoms with van der Waals surface area (Å²) in [6, 6.07) is 17.1. The Bertz CT molecular complexity index is 971. The van der Waals surface area contributed by atoms with Gasteiger partial charge < -0.3 is 15.4 Å². The van der Waals surface area contributed by atoms with E-state index in [1.165, 1.54) is 18.1 Å². The Morgan fingerprint density at radius 2 is 1.83 bits per heavy atom. The largest absolute Gasteiger partial charge is 0.496 e. The van der Waals surface area contributed by atoms with Gasteiger partial charge in [-0.05, 0) is 17.7 Å². The highest BCUT2D eigenvalue weighted by Crippen LogP contribution is 2.20. The minimum Gasteiger partial charge on any atom is -0.496 e. The standard InChI is InChI=1S/C21H21ClN4O2S/c1-28-18-9-5-3-7-16(18)12-24-20(27)13-29-21-10-19(25-14-26-21)23-11-15-6-2-4-8-17(15)22/h2-10,14H,11-13H2,1H3,(H,24,27)(H,23,25,26). The second kappa shape index (κ2) is 10.7. The highest BCUT2D eigenvalue weighted by Gasteiger charge is 2.08. The Morgan fingerprint density at radius 1 is 1.07 bits per heavy atom. The Kier molecular flexibility index (Phi) is 7.72. The monoisotopic (exact) mass is 428 g/mol. The van der Waals surface area contributed by atoms with Crippen molar-refractivity contribution in [1.82, 2.24) is 15.3 Å². The number of nitrogens with one attached hydrogen (secondary N) is 2. The summed E-state index contributed by atoms with van der Waals surface area (Å²) in [4.78, 5) is 20.6. The molecular weight excluding hydrogens is 408 g/mol. The molecule has 1 amide bonds. The summed E-state index contributed by atoms with van der Waals surface area (Å²) in [5.74, 6) is 1.61. The molecule has 150 valence electrons. The number of para-hydroxylation sites is 1. The summed E-state index contributed by atoms with van der Waals surface area (Å²) in [5.41, 5.74) is 1.92. The molecule has 0 bridgehead atoms. The lowest BCUT2D eigenvalue weighted by Gasteiger charge is -2.10. The molecule has 0 atom stereocenters. The first kappa shape index (κ1) is 21.0. The van der Waals surface area contributed by atoms with E-state index in [2.05, 4.69) is 20.6 Å². The van der Waals surface area contributed by atoms with Crippen molar-refractivity contribution in [2.75, 3.05) is 18.2 Å². The summed E-state index contributed by atoms with van der Waals surface area (Å²) in [7, 11) is 1.61. The number of ether oxygens (including phenoxy) is 1. The first-order valence-corrected chi connectivity index (χ1v) is 10.3. The van der Waals surface area contributed by atoms with Crippen molar-refractivity contribution in [2.45, 2.75) is 18.1 Å². The van der Waals surface area contributed by atoms with Crippen LogP contribution in [0.25, 0.3) is 0 Å². The molecule has 0 unspecified atom stereocenters. The maximum Gasteiger partial charge on any atom is 0.230 e. The normalized spacial score (nSPS) is 10.4. The smallest absolute Gasteiger partial charge is 0.230 e. The number of methoxy groups -OCH3 is 1. The molecule has 2 aromatic carbocycles. The number of thioether (sulfide) groups is 1. The molecule has 3 aromatic rings. The van der Waals surface area contributed by atoms with Gasteiger partial charge in [0.25, 0.3) is 0 Å². The molecule has 0 spiro atoms. The van der Waals surface area contributed by atoms with Crippen LogP contribution in [0.15, 0.2) is 66.0 Å². The fourth-order valence-electron chi connectivity index (χ4n) is 2.58. The van der Waals surface area contributed by atoms with Gasteiger partial charge in [0.15, 0.2) is 0 Å². The summed E-state index contributed by atoms with van der Waals surface area (Å²) < 4.78 is 5.29. The number of nitrogens with zero attached hydrogens (tertiary/aromatic N) is 2. The van der Waals surface area contributed by atoms with E-state index in [9.17, 15) is 4.79 Å². The molecule has 1 aromatic heterocycles. The molecule has 0 fully saturated rings. The summed E-state index contributed by atoms with van der Waals surface area (Å²) >= 11 is 7.52. The molecule has 8 heteroatoms. The van der Waals surface area contributed by atoms with Gasteiger partial charge in [-0.1, -0.05) is 59.8 Å². The van der Waals surface area contributed by atoms with Crippen molar-refractivity contribution in [3.63, 3.8) is 0 Å². The van der Waals surface area contributed by atoms with E-state index >= 15 is 0 Å². The molecule has 0 saturated heterocycles. The number of carbonyl (C=O) groups excluding carboxylic acids is 1. The number of rotatable bonds is 9. The molecule has 6 nitrogen and oxygen atoms in total. The summed E-state index contributed by atoms with van der Waals surface area (Å²) in [6.45, 7) is 0.970. The zero-order valence-electron chi connectivity index (χ0n) is 15.9. The molecule has 1 heterocycles. The van der Waals surface area contributed by atoms with Crippen molar-refractivity contribution in [3.8, 4) is 5.75 Å². The minimum atomic E-state index is -0.0786. The van der Waals surface area contributed by atoms with Crippen molar-refractivity contribution >= 4 is 35.1 Å².